The van der Waals surface area contributed by atoms with E-state index in [1.165, 1.54) is 14.0 Å². The van der Waals surface area contributed by atoms with Gasteiger partial charge in [0.25, 0.3) is 5.91 Å². The van der Waals surface area contributed by atoms with Crippen LogP contribution in [0, 0.1) is 18.3 Å². The van der Waals surface area contributed by atoms with Crippen molar-refractivity contribution in [2.75, 3.05) is 46.4 Å². The lowest BCUT2D eigenvalue weighted by Gasteiger charge is -2.32. The average Bonchev–Trinajstić information content (AvgIpc) is 3.22. The summed E-state index contributed by atoms with van der Waals surface area (Å²) in [6.45, 7) is 3.59. The van der Waals surface area contributed by atoms with Gasteiger partial charge >= 0.3 is 0 Å². The van der Waals surface area contributed by atoms with E-state index in [9.17, 15) is 28.8 Å². The van der Waals surface area contributed by atoms with Crippen LogP contribution in [-0.4, -0.2) is 105 Å². The van der Waals surface area contributed by atoms with E-state index in [-0.39, 0.29) is 70.6 Å². The van der Waals surface area contributed by atoms with Crippen molar-refractivity contribution in [2.45, 2.75) is 63.7 Å². The lowest BCUT2D eigenvalue weighted by Crippen LogP contribution is -2.56. The Kier molecular flexibility index (Phi) is 16.9. The molecule has 0 fully saturated rings. The smallest absolute Gasteiger partial charge is 0.252 e. The molecule has 4 atom stereocenters. The molecule has 1 aliphatic heterocycles. The number of primary amides is 1. The highest BCUT2D eigenvalue weighted by Crippen LogP contribution is 2.40. The third-order valence-electron chi connectivity index (χ3n) is 9.76. The molecule has 0 aliphatic carbocycles. The maximum absolute atomic E-state index is 14.5. The average molecular weight is 827 g/mol. The van der Waals surface area contributed by atoms with Crippen molar-refractivity contribution in [1.29, 1.82) is 5.26 Å². The molecular formula is C42H54N10O8. The van der Waals surface area contributed by atoms with Crippen LogP contribution in [0.5, 0.6) is 11.5 Å². The molecular weight excluding hydrogens is 773 g/mol. The fourth-order valence-corrected chi connectivity index (χ4v) is 6.77. The van der Waals surface area contributed by atoms with Gasteiger partial charge in [0.2, 0.25) is 29.5 Å². The molecule has 0 radical (unpaired) electrons. The molecule has 6 amide bonds. The Hall–Kier alpha value is -6.55. The van der Waals surface area contributed by atoms with E-state index in [0.29, 0.717) is 39.3 Å². The first kappa shape index (κ1) is 46.1. The summed E-state index contributed by atoms with van der Waals surface area (Å²) in [5.74, 6) is -3.17. The summed E-state index contributed by atoms with van der Waals surface area (Å²) < 4.78 is 12.1. The molecule has 320 valence electrons. The summed E-state index contributed by atoms with van der Waals surface area (Å²) in [6, 6.07) is 12.0. The Morgan fingerprint density at radius 1 is 0.917 bits per heavy atom. The van der Waals surface area contributed by atoms with Gasteiger partial charge in [-0.3, -0.25) is 28.8 Å². The lowest BCUT2D eigenvalue weighted by atomic mass is 9.93. The van der Waals surface area contributed by atoms with Crippen LogP contribution in [-0.2, 0) is 36.8 Å². The number of nitrogens with one attached hydrogen (secondary N) is 4. The van der Waals surface area contributed by atoms with Gasteiger partial charge in [-0.25, -0.2) is 0 Å². The Labute approximate surface area is 348 Å². The standard InChI is InChI=1S/C42H54N10O8/c1-24-4-8-29(27(20-24)7-11-36(47)53)39(55)50-32(12-13-43)42(58)52(3)37-28-6-10-35(60-19-16-46)31(23-28)30-21-26(5-9-34(30)59-18-15-45)22-33(40(56)48-17-14-44)51-38(54)25(2)49-41(37)57/h4-6,8-10,20-21,23,25,32-33,37H,7,11-13,15-19,22,43,45-46H2,1-3H3,(H2,47,53)(H,48,56)(H,49,57)(H,50,55)(H,51,54)/t25-,32-,33-,37-/m0/s1. The van der Waals surface area contributed by atoms with Crippen molar-refractivity contribution in [3.63, 3.8) is 0 Å². The highest BCUT2D eigenvalue weighted by Gasteiger charge is 2.36. The molecule has 18 nitrogen and oxygen atoms in total. The maximum Gasteiger partial charge on any atom is 0.252 e. The number of aryl methyl sites for hydroxylation is 2. The molecule has 18 heteroatoms. The molecule has 12 N–H and O–H groups in total. The highest BCUT2D eigenvalue weighted by molar-refractivity contribution is 6.00. The molecule has 1 heterocycles. The number of rotatable bonds is 17. The fraction of sp³-hybridized carbons (Fsp3) is 0.405. The minimum absolute atomic E-state index is 0.00286. The summed E-state index contributed by atoms with van der Waals surface area (Å²) in [7, 11) is 1.39. The number of nitrogens with zero attached hydrogens (tertiary/aromatic N) is 2. The van der Waals surface area contributed by atoms with Gasteiger partial charge in [0.05, 0.1) is 6.07 Å². The minimum atomic E-state index is -1.41. The molecule has 3 aromatic carbocycles. The van der Waals surface area contributed by atoms with Crippen molar-refractivity contribution in [2.24, 2.45) is 22.9 Å². The number of hydrogen-bond acceptors (Lipinski definition) is 12. The number of hydrogen-bond donors (Lipinski definition) is 8. The van der Waals surface area contributed by atoms with Crippen LogP contribution in [0.3, 0.4) is 0 Å². The number of amides is 6. The van der Waals surface area contributed by atoms with E-state index < -0.39 is 59.6 Å². The van der Waals surface area contributed by atoms with E-state index >= 15 is 0 Å². The Bertz CT molecular complexity index is 2100. The number of fused-ring (bicyclic) bond motifs is 5. The van der Waals surface area contributed by atoms with Gasteiger partial charge < -0.3 is 58.6 Å². The zero-order valence-corrected chi connectivity index (χ0v) is 34.0. The van der Waals surface area contributed by atoms with E-state index in [2.05, 4.69) is 21.3 Å². The second-order valence-corrected chi connectivity index (χ2v) is 14.3. The monoisotopic (exact) mass is 826 g/mol. The van der Waals surface area contributed by atoms with Gasteiger partial charge in [-0.05, 0) is 80.3 Å². The van der Waals surface area contributed by atoms with Crippen molar-refractivity contribution < 1.29 is 38.2 Å². The first-order valence-corrected chi connectivity index (χ1v) is 19.6. The quantitative estimate of drug-likeness (QED) is 0.0806. The van der Waals surface area contributed by atoms with Gasteiger partial charge in [-0.1, -0.05) is 29.8 Å². The molecule has 0 spiro atoms. The molecule has 4 bridgehead atoms. The third-order valence-corrected chi connectivity index (χ3v) is 9.76. The van der Waals surface area contributed by atoms with Crippen LogP contribution in [0.25, 0.3) is 11.1 Å². The van der Waals surface area contributed by atoms with E-state index in [0.717, 1.165) is 10.5 Å². The molecule has 3 aromatic rings. The predicted octanol–water partition coefficient (Wildman–Crippen LogP) is -0.413. The number of benzene rings is 3. The predicted molar refractivity (Wildman–Crippen MR) is 222 cm³/mol. The van der Waals surface area contributed by atoms with Crippen LogP contribution >= 0.6 is 0 Å². The normalized spacial score (nSPS) is 16.8. The Balaban J connectivity index is 1.86. The first-order valence-electron chi connectivity index (χ1n) is 19.6. The van der Waals surface area contributed by atoms with Crippen molar-refractivity contribution >= 4 is 35.4 Å². The molecule has 0 unspecified atom stereocenters. The van der Waals surface area contributed by atoms with Gasteiger partial charge in [0, 0.05) is 49.7 Å². The maximum atomic E-state index is 14.5. The minimum Gasteiger partial charge on any atom is -0.492 e. The highest BCUT2D eigenvalue weighted by atomic mass is 16.5. The fourth-order valence-electron chi connectivity index (χ4n) is 6.77. The Morgan fingerprint density at radius 2 is 1.58 bits per heavy atom. The van der Waals surface area contributed by atoms with E-state index in [1.807, 2.05) is 13.0 Å². The summed E-state index contributed by atoms with van der Waals surface area (Å²) in [5, 5.41) is 19.8. The van der Waals surface area contributed by atoms with Crippen LogP contribution in [0.15, 0.2) is 54.6 Å². The van der Waals surface area contributed by atoms with Crippen LogP contribution in [0.2, 0.25) is 0 Å². The van der Waals surface area contributed by atoms with Gasteiger partial charge in [-0.15, -0.1) is 0 Å². The van der Waals surface area contributed by atoms with Gasteiger partial charge in [0.1, 0.15) is 55.4 Å². The van der Waals surface area contributed by atoms with Crippen LogP contribution < -0.4 is 53.7 Å². The topological polar surface area (TPSA) is 300 Å². The molecule has 0 saturated heterocycles. The van der Waals surface area contributed by atoms with Crippen molar-refractivity contribution in [1.82, 2.24) is 26.2 Å². The molecule has 0 aromatic heterocycles. The number of nitrogens with two attached hydrogens (primary N) is 4. The third kappa shape index (κ3) is 12.0. The zero-order chi connectivity index (χ0) is 43.9. The summed E-state index contributed by atoms with van der Waals surface area (Å²) in [5.41, 5.74) is 26.4. The lowest BCUT2D eigenvalue weighted by molar-refractivity contribution is -0.141. The number of nitriles is 1. The summed E-state index contributed by atoms with van der Waals surface area (Å²) >= 11 is 0. The van der Waals surface area contributed by atoms with Crippen molar-refractivity contribution in [3.05, 3.63) is 82.4 Å². The summed E-state index contributed by atoms with van der Waals surface area (Å²) in [6.07, 6.45) is 0.188. The molecule has 1 aliphatic rings. The van der Waals surface area contributed by atoms with Gasteiger partial charge in [0.15, 0.2) is 0 Å². The van der Waals surface area contributed by atoms with E-state index in [1.54, 1.807) is 54.6 Å². The second kappa shape index (κ2) is 22.0. The first-order chi connectivity index (χ1) is 28.7. The van der Waals surface area contributed by atoms with Gasteiger partial charge in [-0.2, -0.15) is 5.26 Å². The summed E-state index contributed by atoms with van der Waals surface area (Å²) in [4.78, 5) is 82.5. The number of carbonyl (C=O) groups excluding carboxylic acids is 6. The number of likely N-dealkylation sites (N-methyl/N-ethyl adjacent to an activating group) is 1. The van der Waals surface area contributed by atoms with Crippen molar-refractivity contribution in [3.8, 4) is 28.7 Å². The number of ether oxygens (including phenoxy) is 2. The van der Waals surface area contributed by atoms with E-state index in [4.69, 9.17) is 37.7 Å². The largest absolute Gasteiger partial charge is 0.492 e. The zero-order valence-electron chi connectivity index (χ0n) is 34.0. The molecule has 0 saturated carbocycles. The molecule has 60 heavy (non-hydrogen) atoms. The van der Waals surface area contributed by atoms with Crippen LogP contribution in [0.1, 0.15) is 58.4 Å². The second-order valence-electron chi connectivity index (χ2n) is 14.3. The van der Waals surface area contributed by atoms with Crippen LogP contribution in [0.4, 0.5) is 0 Å². The SMILES string of the molecule is Cc1ccc(C(=O)N[C@@H](CCN)C(=O)N(C)[C@@H]2C(=O)N[C@@H](C)C(=O)N[C@H](C(=O)NCC#N)Cc3ccc(OCCN)c(c3)-c3cc2ccc3OCCN)c(CCC(N)=O)c1. The number of carbonyl (C=O) groups is 6. The Morgan fingerprint density at radius 3 is 2.22 bits per heavy atom. The molecule has 4 rings (SSSR count).